The number of hydrogen-bond acceptors (Lipinski definition) is 1. The van der Waals surface area contributed by atoms with Gasteiger partial charge in [0.25, 0.3) is 0 Å². The van der Waals surface area contributed by atoms with E-state index < -0.39 is 0 Å². The number of hydrogen-bond donors (Lipinski definition) is 1. The van der Waals surface area contributed by atoms with Crippen LogP contribution >= 0.6 is 0 Å². The fraction of sp³-hybridized carbons (Fsp3) is 0.857. The summed E-state index contributed by atoms with van der Waals surface area (Å²) in [6.45, 7) is 10.0. The first-order chi connectivity index (χ1) is 6.97. The Morgan fingerprint density at radius 3 is 2.27 bits per heavy atom. The van der Waals surface area contributed by atoms with Gasteiger partial charge in [0.15, 0.2) is 0 Å². The van der Waals surface area contributed by atoms with E-state index in [0.29, 0.717) is 0 Å². The van der Waals surface area contributed by atoms with Crippen molar-refractivity contribution in [3.05, 3.63) is 12.2 Å². The van der Waals surface area contributed by atoms with Crippen LogP contribution in [0.3, 0.4) is 0 Å². The van der Waals surface area contributed by atoms with Crippen LogP contribution in [-0.4, -0.2) is 12.1 Å². The zero-order valence-corrected chi connectivity index (χ0v) is 10.8. The molecule has 0 bridgehead atoms. The van der Waals surface area contributed by atoms with Crippen molar-refractivity contribution in [1.29, 1.82) is 0 Å². The van der Waals surface area contributed by atoms with E-state index in [9.17, 15) is 0 Å². The molecular weight excluding hydrogens is 182 g/mol. The molecule has 0 aromatic heterocycles. The van der Waals surface area contributed by atoms with E-state index in [1.54, 1.807) is 0 Å². The van der Waals surface area contributed by atoms with E-state index >= 15 is 0 Å². The lowest BCUT2D eigenvalue weighted by atomic mass is 9.83. The first kappa shape index (κ1) is 12.8. The van der Waals surface area contributed by atoms with Gasteiger partial charge >= 0.3 is 0 Å². The van der Waals surface area contributed by atoms with Crippen LogP contribution in [0.2, 0.25) is 0 Å². The van der Waals surface area contributed by atoms with Crippen LogP contribution in [0.15, 0.2) is 12.2 Å². The minimum Gasteiger partial charge on any atom is -0.309 e. The van der Waals surface area contributed by atoms with E-state index in [1.165, 1.54) is 25.7 Å². The lowest BCUT2D eigenvalue weighted by Gasteiger charge is -2.24. The van der Waals surface area contributed by atoms with Gasteiger partial charge in [0.2, 0.25) is 0 Å². The molecule has 1 rings (SSSR count). The molecule has 0 heterocycles. The van der Waals surface area contributed by atoms with E-state index in [0.717, 1.165) is 18.4 Å². The van der Waals surface area contributed by atoms with Gasteiger partial charge in [-0.15, -0.1) is 0 Å². The van der Waals surface area contributed by atoms with E-state index in [2.05, 4.69) is 45.2 Å². The minimum atomic E-state index is 0.241. The summed E-state index contributed by atoms with van der Waals surface area (Å²) < 4.78 is 0. The fourth-order valence-corrected chi connectivity index (χ4v) is 2.10. The molecule has 1 heteroatoms. The van der Waals surface area contributed by atoms with Gasteiger partial charge in [-0.3, -0.25) is 0 Å². The van der Waals surface area contributed by atoms with Crippen LogP contribution in [0.4, 0.5) is 0 Å². The second-order valence-corrected chi connectivity index (χ2v) is 6.08. The second-order valence-electron chi connectivity index (χ2n) is 6.08. The number of rotatable bonds is 3. The summed E-state index contributed by atoms with van der Waals surface area (Å²) in [4.78, 5) is 0. The van der Waals surface area contributed by atoms with Gasteiger partial charge in [-0.2, -0.15) is 0 Å². The van der Waals surface area contributed by atoms with E-state index in [1.807, 2.05) is 0 Å². The maximum Gasteiger partial charge on any atom is 0.0139 e. The molecule has 88 valence electrons. The molecule has 15 heavy (non-hydrogen) atoms. The van der Waals surface area contributed by atoms with Crippen LogP contribution in [0.5, 0.6) is 0 Å². The fourth-order valence-electron chi connectivity index (χ4n) is 2.10. The normalized spacial score (nSPS) is 28.5. The Morgan fingerprint density at radius 2 is 1.73 bits per heavy atom. The third kappa shape index (κ3) is 5.99. The van der Waals surface area contributed by atoms with Crippen LogP contribution in [0.1, 0.15) is 53.4 Å². The van der Waals surface area contributed by atoms with Crippen molar-refractivity contribution in [1.82, 2.24) is 5.32 Å². The molecular formula is C14H27N. The molecule has 0 aromatic carbocycles. The summed E-state index contributed by atoms with van der Waals surface area (Å²) in [6, 6.07) is 0. The average Bonchev–Trinajstić information content (AvgIpc) is 2.14. The number of nitrogens with one attached hydrogen (secondary N) is 1. The Hall–Kier alpha value is -0.300. The Bertz CT molecular complexity index is 192. The molecule has 1 saturated carbocycles. The molecule has 1 aliphatic carbocycles. The molecule has 0 amide bonds. The molecule has 0 aliphatic heterocycles. The first-order valence-corrected chi connectivity index (χ1v) is 6.39. The molecule has 0 radical (unpaired) electrons. The standard InChI is InChI=1S/C14H27N/c1-12-7-9-13(10-8-12)6-5-11-15-14(2,3)4/h5-6,12-13,15H,7-11H2,1-4H3/b6-5+. The van der Waals surface area contributed by atoms with Crippen LogP contribution in [0.25, 0.3) is 0 Å². The van der Waals surface area contributed by atoms with Gasteiger partial charge in [0.1, 0.15) is 0 Å². The Labute approximate surface area is 95.3 Å². The van der Waals surface area contributed by atoms with Crippen molar-refractivity contribution in [3.63, 3.8) is 0 Å². The summed E-state index contributed by atoms with van der Waals surface area (Å²) in [5.74, 6) is 1.81. The van der Waals surface area contributed by atoms with Crippen molar-refractivity contribution in [2.75, 3.05) is 6.54 Å². The van der Waals surface area contributed by atoms with E-state index in [-0.39, 0.29) is 5.54 Å². The van der Waals surface area contributed by atoms with Gasteiger partial charge in [-0.05, 0) is 45.4 Å². The molecule has 0 atom stereocenters. The highest BCUT2D eigenvalue weighted by Crippen LogP contribution is 2.28. The maximum atomic E-state index is 3.48. The largest absolute Gasteiger partial charge is 0.309 e. The number of allylic oxidation sites excluding steroid dienone is 1. The lowest BCUT2D eigenvalue weighted by molar-refractivity contribution is 0.330. The molecule has 0 saturated heterocycles. The molecule has 1 nitrogen and oxygen atoms in total. The summed E-state index contributed by atoms with van der Waals surface area (Å²) in [6.07, 6.45) is 10.4. The highest BCUT2D eigenvalue weighted by atomic mass is 14.9. The zero-order chi connectivity index (χ0) is 11.3. The zero-order valence-electron chi connectivity index (χ0n) is 10.8. The van der Waals surface area contributed by atoms with Gasteiger partial charge in [0.05, 0.1) is 0 Å². The Morgan fingerprint density at radius 1 is 1.13 bits per heavy atom. The summed E-state index contributed by atoms with van der Waals surface area (Å²) in [5, 5.41) is 3.48. The van der Waals surface area contributed by atoms with E-state index in [4.69, 9.17) is 0 Å². The topological polar surface area (TPSA) is 12.0 Å². The highest BCUT2D eigenvalue weighted by Gasteiger charge is 2.15. The molecule has 0 unspecified atom stereocenters. The first-order valence-electron chi connectivity index (χ1n) is 6.39. The molecule has 0 aromatic rings. The predicted octanol–water partition coefficient (Wildman–Crippen LogP) is 3.76. The second kappa shape index (κ2) is 5.69. The third-order valence-corrected chi connectivity index (χ3v) is 3.22. The van der Waals surface area contributed by atoms with Gasteiger partial charge in [-0.25, -0.2) is 0 Å². The van der Waals surface area contributed by atoms with Gasteiger partial charge < -0.3 is 5.32 Å². The van der Waals surface area contributed by atoms with Crippen molar-refractivity contribution >= 4 is 0 Å². The van der Waals surface area contributed by atoms with Gasteiger partial charge in [-0.1, -0.05) is 31.9 Å². The average molecular weight is 209 g/mol. The van der Waals surface area contributed by atoms with Crippen molar-refractivity contribution in [3.8, 4) is 0 Å². The van der Waals surface area contributed by atoms with Crippen molar-refractivity contribution < 1.29 is 0 Å². The highest BCUT2D eigenvalue weighted by molar-refractivity contribution is 4.93. The SMILES string of the molecule is CC1CCC(/C=C/CNC(C)(C)C)CC1. The summed E-state index contributed by atoms with van der Waals surface area (Å²) >= 11 is 0. The van der Waals surface area contributed by atoms with Gasteiger partial charge in [0, 0.05) is 12.1 Å². The van der Waals surface area contributed by atoms with Crippen LogP contribution < -0.4 is 5.32 Å². The Kier molecular flexibility index (Phi) is 4.85. The van der Waals surface area contributed by atoms with Crippen molar-refractivity contribution in [2.24, 2.45) is 11.8 Å². The quantitative estimate of drug-likeness (QED) is 0.698. The predicted molar refractivity (Wildman–Crippen MR) is 68.0 cm³/mol. The van der Waals surface area contributed by atoms with Crippen molar-refractivity contribution in [2.45, 2.75) is 58.9 Å². The lowest BCUT2D eigenvalue weighted by Crippen LogP contribution is -2.35. The summed E-state index contributed by atoms with van der Waals surface area (Å²) in [7, 11) is 0. The molecule has 1 aliphatic rings. The Balaban J connectivity index is 2.15. The molecule has 0 spiro atoms. The summed E-state index contributed by atoms with van der Waals surface area (Å²) in [5.41, 5.74) is 0.241. The van der Waals surface area contributed by atoms with Crippen LogP contribution in [-0.2, 0) is 0 Å². The van der Waals surface area contributed by atoms with Crippen LogP contribution in [0, 0.1) is 11.8 Å². The monoisotopic (exact) mass is 209 g/mol. The maximum absolute atomic E-state index is 3.48. The third-order valence-electron chi connectivity index (χ3n) is 3.22. The smallest absolute Gasteiger partial charge is 0.0139 e. The molecule has 1 N–H and O–H groups in total. The minimum absolute atomic E-state index is 0.241. The molecule has 1 fully saturated rings.